The van der Waals surface area contributed by atoms with Crippen molar-refractivity contribution in [1.29, 1.82) is 0 Å². The predicted molar refractivity (Wildman–Crippen MR) is 73.3 cm³/mol. The SMILES string of the molecule is COC(=O)c1sc(N2CCCC2)c(SC)c1N. The fourth-order valence-electron chi connectivity index (χ4n) is 1.99. The second-order valence-electron chi connectivity index (χ2n) is 3.87. The summed E-state index contributed by atoms with van der Waals surface area (Å²) in [7, 11) is 1.38. The third-order valence-corrected chi connectivity index (χ3v) is 5.05. The zero-order valence-corrected chi connectivity index (χ0v) is 11.6. The van der Waals surface area contributed by atoms with Gasteiger partial charge in [-0.3, -0.25) is 0 Å². The number of thioether (sulfide) groups is 1. The van der Waals surface area contributed by atoms with Crippen LogP contribution in [0, 0.1) is 0 Å². The summed E-state index contributed by atoms with van der Waals surface area (Å²) in [4.78, 5) is 15.5. The molecule has 0 aliphatic carbocycles. The molecular formula is C11H16N2O2S2. The first-order valence-electron chi connectivity index (χ1n) is 5.48. The van der Waals surface area contributed by atoms with Gasteiger partial charge in [-0.2, -0.15) is 0 Å². The second kappa shape index (κ2) is 5.18. The number of rotatable bonds is 3. The summed E-state index contributed by atoms with van der Waals surface area (Å²) in [5.74, 6) is -0.340. The predicted octanol–water partition coefficient (Wildman–Crippen LogP) is 2.44. The molecule has 0 bridgehead atoms. The van der Waals surface area contributed by atoms with Gasteiger partial charge in [0.1, 0.15) is 9.88 Å². The van der Waals surface area contributed by atoms with E-state index in [9.17, 15) is 4.79 Å². The van der Waals surface area contributed by atoms with Gasteiger partial charge in [-0.15, -0.1) is 23.1 Å². The minimum Gasteiger partial charge on any atom is -0.465 e. The maximum absolute atomic E-state index is 11.6. The van der Waals surface area contributed by atoms with Gasteiger partial charge in [0.05, 0.1) is 17.7 Å². The third-order valence-electron chi connectivity index (χ3n) is 2.85. The molecule has 0 radical (unpaired) electrons. The van der Waals surface area contributed by atoms with Gasteiger partial charge in [0.25, 0.3) is 0 Å². The number of carbonyl (C=O) groups is 1. The van der Waals surface area contributed by atoms with Crippen LogP contribution >= 0.6 is 23.1 Å². The highest BCUT2D eigenvalue weighted by atomic mass is 32.2. The fourth-order valence-corrected chi connectivity index (χ4v) is 4.14. The van der Waals surface area contributed by atoms with E-state index in [-0.39, 0.29) is 5.97 Å². The minimum atomic E-state index is -0.340. The number of hydrogen-bond acceptors (Lipinski definition) is 6. The number of carbonyl (C=O) groups excluding carboxylic acids is 1. The van der Waals surface area contributed by atoms with E-state index >= 15 is 0 Å². The molecule has 0 amide bonds. The van der Waals surface area contributed by atoms with Crippen molar-refractivity contribution in [1.82, 2.24) is 0 Å². The van der Waals surface area contributed by atoms with Crippen LogP contribution in [0.3, 0.4) is 0 Å². The van der Waals surface area contributed by atoms with Crippen LogP contribution in [-0.2, 0) is 4.74 Å². The number of nitrogens with zero attached hydrogens (tertiary/aromatic N) is 1. The van der Waals surface area contributed by atoms with Crippen LogP contribution in [0.4, 0.5) is 10.7 Å². The first-order chi connectivity index (χ1) is 8.19. The molecular weight excluding hydrogens is 256 g/mol. The summed E-state index contributed by atoms with van der Waals surface area (Å²) in [6.45, 7) is 2.10. The number of hydrogen-bond donors (Lipinski definition) is 1. The molecule has 1 fully saturated rings. The Balaban J connectivity index is 2.40. The lowest BCUT2D eigenvalue weighted by Gasteiger charge is -2.16. The summed E-state index contributed by atoms with van der Waals surface area (Å²) in [5.41, 5.74) is 6.59. The summed E-state index contributed by atoms with van der Waals surface area (Å²) in [6.07, 6.45) is 4.40. The molecule has 6 heteroatoms. The number of anilines is 2. The van der Waals surface area contributed by atoms with E-state index in [2.05, 4.69) is 4.90 Å². The molecule has 1 aromatic heterocycles. The number of ether oxygens (including phenoxy) is 1. The van der Waals surface area contributed by atoms with Crippen LogP contribution < -0.4 is 10.6 Å². The van der Waals surface area contributed by atoms with Crippen molar-refractivity contribution in [3.63, 3.8) is 0 Å². The number of thiophene rings is 1. The van der Waals surface area contributed by atoms with Crippen LogP contribution in [0.25, 0.3) is 0 Å². The molecule has 1 aliphatic heterocycles. The lowest BCUT2D eigenvalue weighted by atomic mass is 10.4. The van der Waals surface area contributed by atoms with Gasteiger partial charge < -0.3 is 15.4 Å². The van der Waals surface area contributed by atoms with E-state index in [1.54, 1.807) is 11.8 Å². The van der Waals surface area contributed by atoms with Crippen LogP contribution in [0.5, 0.6) is 0 Å². The standard InChI is InChI=1S/C11H16N2O2S2/c1-15-11(14)9-7(12)8(16-2)10(17-9)13-5-3-4-6-13/h3-6,12H2,1-2H3. The van der Waals surface area contributed by atoms with Gasteiger partial charge in [-0.1, -0.05) is 0 Å². The van der Waals surface area contributed by atoms with Gasteiger partial charge >= 0.3 is 5.97 Å². The van der Waals surface area contributed by atoms with Gasteiger partial charge in [0, 0.05) is 13.1 Å². The molecule has 94 valence electrons. The Morgan fingerprint density at radius 1 is 1.47 bits per heavy atom. The first kappa shape index (κ1) is 12.6. The largest absolute Gasteiger partial charge is 0.465 e. The average molecular weight is 272 g/mol. The van der Waals surface area contributed by atoms with Crippen molar-refractivity contribution >= 4 is 39.8 Å². The highest BCUT2D eigenvalue weighted by Gasteiger charge is 2.25. The van der Waals surface area contributed by atoms with Crippen molar-refractivity contribution in [2.75, 3.05) is 37.1 Å². The molecule has 0 saturated carbocycles. The summed E-state index contributed by atoms with van der Waals surface area (Å²) < 4.78 is 4.76. The van der Waals surface area contributed by atoms with Crippen molar-refractivity contribution in [3.8, 4) is 0 Å². The molecule has 2 N–H and O–H groups in total. The molecule has 1 saturated heterocycles. The fraction of sp³-hybridized carbons (Fsp3) is 0.545. The first-order valence-corrected chi connectivity index (χ1v) is 7.52. The van der Waals surface area contributed by atoms with Crippen LogP contribution in [-0.4, -0.2) is 32.4 Å². The zero-order valence-electron chi connectivity index (χ0n) is 9.99. The Morgan fingerprint density at radius 2 is 2.12 bits per heavy atom. The Hall–Kier alpha value is -0.880. The van der Waals surface area contributed by atoms with Crippen molar-refractivity contribution in [3.05, 3.63) is 4.88 Å². The molecule has 4 nitrogen and oxygen atoms in total. The highest BCUT2D eigenvalue weighted by molar-refractivity contribution is 7.99. The molecule has 1 aromatic rings. The maximum atomic E-state index is 11.6. The molecule has 17 heavy (non-hydrogen) atoms. The Kier molecular flexibility index (Phi) is 3.83. The molecule has 1 aliphatic rings. The number of nitrogens with two attached hydrogens (primary N) is 1. The van der Waals surface area contributed by atoms with Crippen LogP contribution in [0.1, 0.15) is 22.5 Å². The smallest absolute Gasteiger partial charge is 0.350 e. The summed E-state index contributed by atoms with van der Waals surface area (Å²) in [6, 6.07) is 0. The van der Waals surface area contributed by atoms with Crippen molar-refractivity contribution in [2.24, 2.45) is 0 Å². The Labute approximate surface area is 109 Å². The highest BCUT2D eigenvalue weighted by Crippen LogP contribution is 2.44. The zero-order chi connectivity index (χ0) is 12.4. The molecule has 0 spiro atoms. The van der Waals surface area contributed by atoms with Crippen LogP contribution in [0.2, 0.25) is 0 Å². The van der Waals surface area contributed by atoms with E-state index in [1.165, 1.54) is 31.3 Å². The van der Waals surface area contributed by atoms with Crippen LogP contribution in [0.15, 0.2) is 4.90 Å². The monoisotopic (exact) mass is 272 g/mol. The number of esters is 1. The topological polar surface area (TPSA) is 55.6 Å². The molecule has 0 unspecified atom stereocenters. The average Bonchev–Trinajstić information content (AvgIpc) is 2.95. The van der Waals surface area contributed by atoms with E-state index in [1.807, 2.05) is 6.26 Å². The van der Waals surface area contributed by atoms with Gasteiger partial charge in [0.15, 0.2) is 0 Å². The third kappa shape index (κ3) is 2.24. The lowest BCUT2D eigenvalue weighted by Crippen LogP contribution is -2.16. The van der Waals surface area contributed by atoms with Gasteiger partial charge in [-0.25, -0.2) is 4.79 Å². The van der Waals surface area contributed by atoms with E-state index < -0.39 is 0 Å². The Bertz CT molecular complexity index is 425. The normalized spacial score (nSPS) is 15.3. The summed E-state index contributed by atoms with van der Waals surface area (Å²) >= 11 is 3.04. The molecule has 2 rings (SSSR count). The quantitative estimate of drug-likeness (QED) is 0.676. The minimum absolute atomic E-state index is 0.340. The number of methoxy groups -OCH3 is 1. The second-order valence-corrected chi connectivity index (χ2v) is 5.68. The summed E-state index contributed by atoms with van der Waals surface area (Å²) in [5, 5.41) is 1.12. The van der Waals surface area contributed by atoms with E-state index in [4.69, 9.17) is 10.5 Å². The van der Waals surface area contributed by atoms with Crippen molar-refractivity contribution < 1.29 is 9.53 Å². The molecule has 0 aromatic carbocycles. The van der Waals surface area contributed by atoms with E-state index in [0.717, 1.165) is 23.0 Å². The molecule has 2 heterocycles. The van der Waals surface area contributed by atoms with Gasteiger partial charge in [0.2, 0.25) is 0 Å². The lowest BCUT2D eigenvalue weighted by molar-refractivity contribution is 0.0607. The molecule has 0 atom stereocenters. The van der Waals surface area contributed by atoms with Gasteiger partial charge in [-0.05, 0) is 19.1 Å². The maximum Gasteiger partial charge on any atom is 0.350 e. The van der Waals surface area contributed by atoms with E-state index in [0.29, 0.717) is 10.6 Å². The van der Waals surface area contributed by atoms with Crippen molar-refractivity contribution in [2.45, 2.75) is 17.7 Å². The Morgan fingerprint density at radius 3 is 2.65 bits per heavy atom. The number of nitrogen functional groups attached to an aromatic ring is 1.